The standard InChI is InChI=1S/C14H15N3O3/c1-9-12(15-10(2)18)13(19)17(14(20)16(9)3)11-7-5-4-6-8-11/h4-8H,1-3H3,(H,15,18). The fraction of sp³-hybridized carbons (Fsp3) is 0.214. The van der Waals surface area contributed by atoms with Crippen LogP contribution in [0.2, 0.25) is 0 Å². The van der Waals surface area contributed by atoms with Crippen molar-refractivity contribution in [2.75, 3.05) is 5.32 Å². The lowest BCUT2D eigenvalue weighted by molar-refractivity contribution is -0.114. The number of nitrogens with one attached hydrogen (secondary N) is 1. The van der Waals surface area contributed by atoms with Crippen molar-refractivity contribution in [3.8, 4) is 5.69 Å². The number of hydrogen-bond acceptors (Lipinski definition) is 3. The van der Waals surface area contributed by atoms with Gasteiger partial charge in [0, 0.05) is 19.7 Å². The van der Waals surface area contributed by atoms with Crippen molar-refractivity contribution in [1.82, 2.24) is 9.13 Å². The van der Waals surface area contributed by atoms with Gasteiger partial charge in [0.1, 0.15) is 5.69 Å². The summed E-state index contributed by atoms with van der Waals surface area (Å²) in [6.07, 6.45) is 0. The van der Waals surface area contributed by atoms with Gasteiger partial charge in [-0.15, -0.1) is 0 Å². The van der Waals surface area contributed by atoms with E-state index in [1.807, 2.05) is 0 Å². The van der Waals surface area contributed by atoms with Crippen molar-refractivity contribution in [2.24, 2.45) is 7.05 Å². The Morgan fingerprint density at radius 1 is 1.15 bits per heavy atom. The highest BCUT2D eigenvalue weighted by Gasteiger charge is 2.16. The highest BCUT2D eigenvalue weighted by Crippen LogP contribution is 2.08. The van der Waals surface area contributed by atoms with E-state index >= 15 is 0 Å². The minimum Gasteiger partial charge on any atom is -0.320 e. The number of para-hydroxylation sites is 1. The van der Waals surface area contributed by atoms with Crippen molar-refractivity contribution in [3.63, 3.8) is 0 Å². The van der Waals surface area contributed by atoms with Crippen LogP contribution < -0.4 is 16.6 Å². The van der Waals surface area contributed by atoms with Gasteiger partial charge in [0.2, 0.25) is 5.91 Å². The molecule has 0 fully saturated rings. The molecule has 1 aromatic heterocycles. The van der Waals surface area contributed by atoms with E-state index in [-0.39, 0.29) is 11.6 Å². The van der Waals surface area contributed by atoms with Crippen LogP contribution in [-0.4, -0.2) is 15.0 Å². The molecule has 0 aliphatic rings. The van der Waals surface area contributed by atoms with Crippen LogP contribution in [0.25, 0.3) is 5.69 Å². The molecule has 0 saturated heterocycles. The largest absolute Gasteiger partial charge is 0.335 e. The first-order valence-electron chi connectivity index (χ1n) is 6.09. The van der Waals surface area contributed by atoms with Gasteiger partial charge in [-0.1, -0.05) is 18.2 Å². The maximum atomic E-state index is 12.4. The number of benzene rings is 1. The molecule has 1 aromatic carbocycles. The third-order valence-electron chi connectivity index (χ3n) is 3.08. The molecular formula is C14H15N3O3. The van der Waals surface area contributed by atoms with Crippen molar-refractivity contribution < 1.29 is 4.79 Å². The zero-order chi connectivity index (χ0) is 14.9. The molecule has 1 amide bonds. The SMILES string of the molecule is CC(=O)Nc1c(C)n(C)c(=O)n(-c2ccccc2)c1=O. The quantitative estimate of drug-likeness (QED) is 0.879. The van der Waals surface area contributed by atoms with Gasteiger partial charge in [-0.2, -0.15) is 0 Å². The zero-order valence-corrected chi connectivity index (χ0v) is 11.5. The van der Waals surface area contributed by atoms with Crippen molar-refractivity contribution in [1.29, 1.82) is 0 Å². The van der Waals surface area contributed by atoms with E-state index in [1.165, 1.54) is 11.5 Å². The molecule has 6 heteroatoms. The molecule has 1 heterocycles. The van der Waals surface area contributed by atoms with Crippen molar-refractivity contribution in [3.05, 3.63) is 56.9 Å². The van der Waals surface area contributed by atoms with Gasteiger partial charge < -0.3 is 5.32 Å². The lowest BCUT2D eigenvalue weighted by Gasteiger charge is -2.14. The third-order valence-corrected chi connectivity index (χ3v) is 3.08. The first-order chi connectivity index (χ1) is 9.43. The van der Waals surface area contributed by atoms with Gasteiger partial charge in [0.25, 0.3) is 5.56 Å². The van der Waals surface area contributed by atoms with Crippen LogP contribution in [0.5, 0.6) is 0 Å². The molecule has 0 atom stereocenters. The Morgan fingerprint density at radius 3 is 2.30 bits per heavy atom. The minimum absolute atomic E-state index is 0.114. The summed E-state index contributed by atoms with van der Waals surface area (Å²) in [4.78, 5) is 35.9. The van der Waals surface area contributed by atoms with Crippen LogP contribution in [0.4, 0.5) is 5.69 Å². The van der Waals surface area contributed by atoms with E-state index in [2.05, 4.69) is 5.32 Å². The predicted octanol–water partition coefficient (Wildman–Crippen LogP) is 0.803. The molecule has 0 saturated carbocycles. The van der Waals surface area contributed by atoms with Crippen LogP contribution >= 0.6 is 0 Å². The number of aromatic nitrogens is 2. The summed E-state index contributed by atoms with van der Waals surface area (Å²) < 4.78 is 2.37. The molecule has 0 aliphatic carbocycles. The topological polar surface area (TPSA) is 73.1 Å². The summed E-state index contributed by atoms with van der Waals surface area (Å²) in [6.45, 7) is 2.93. The normalized spacial score (nSPS) is 10.3. The second-order valence-electron chi connectivity index (χ2n) is 4.46. The zero-order valence-electron chi connectivity index (χ0n) is 11.5. The molecule has 0 unspecified atom stereocenters. The molecule has 0 spiro atoms. The summed E-state index contributed by atoms with van der Waals surface area (Å²) in [5, 5.41) is 2.49. The Labute approximate surface area is 115 Å². The minimum atomic E-state index is -0.535. The third kappa shape index (κ3) is 2.27. The number of carbonyl (C=O) groups is 1. The fourth-order valence-electron chi connectivity index (χ4n) is 1.94. The number of rotatable bonds is 2. The summed E-state index contributed by atoms with van der Waals surface area (Å²) in [5.41, 5.74) is 0.00957. The Balaban J connectivity index is 2.83. The number of hydrogen-bond donors (Lipinski definition) is 1. The van der Waals surface area contributed by atoms with Crippen LogP contribution in [0, 0.1) is 6.92 Å². The predicted molar refractivity (Wildman–Crippen MR) is 76.3 cm³/mol. The van der Waals surface area contributed by atoms with Crippen LogP contribution in [-0.2, 0) is 11.8 Å². The summed E-state index contributed by atoms with van der Waals surface area (Å²) in [5.74, 6) is -0.358. The van der Waals surface area contributed by atoms with E-state index in [0.717, 1.165) is 4.57 Å². The number of carbonyl (C=O) groups excluding carboxylic acids is 1. The van der Waals surface area contributed by atoms with Crippen molar-refractivity contribution in [2.45, 2.75) is 13.8 Å². The smallest absolute Gasteiger partial charge is 0.320 e. The molecule has 0 aliphatic heterocycles. The second-order valence-corrected chi connectivity index (χ2v) is 4.46. The van der Waals surface area contributed by atoms with Crippen LogP contribution in [0.1, 0.15) is 12.6 Å². The Hall–Kier alpha value is -2.63. The number of nitrogens with zero attached hydrogens (tertiary/aromatic N) is 2. The molecule has 0 bridgehead atoms. The number of anilines is 1. The van der Waals surface area contributed by atoms with Gasteiger partial charge in [0.15, 0.2) is 0 Å². The highest BCUT2D eigenvalue weighted by molar-refractivity contribution is 5.89. The van der Waals surface area contributed by atoms with Gasteiger partial charge >= 0.3 is 5.69 Å². The Bertz CT molecular complexity index is 773. The first kappa shape index (κ1) is 13.8. The first-order valence-corrected chi connectivity index (χ1v) is 6.09. The molecule has 0 radical (unpaired) electrons. The van der Waals surface area contributed by atoms with E-state index < -0.39 is 11.2 Å². The van der Waals surface area contributed by atoms with E-state index in [9.17, 15) is 14.4 Å². The average molecular weight is 273 g/mol. The average Bonchev–Trinajstić information content (AvgIpc) is 2.42. The number of amides is 1. The maximum absolute atomic E-state index is 12.4. The summed E-state index contributed by atoms with van der Waals surface area (Å²) >= 11 is 0. The van der Waals surface area contributed by atoms with Crippen molar-refractivity contribution >= 4 is 11.6 Å². The Kier molecular flexibility index (Phi) is 3.56. The monoisotopic (exact) mass is 273 g/mol. The molecule has 2 rings (SSSR count). The van der Waals surface area contributed by atoms with Gasteiger partial charge in [-0.3, -0.25) is 14.2 Å². The highest BCUT2D eigenvalue weighted by atomic mass is 16.2. The van der Waals surface area contributed by atoms with E-state index in [0.29, 0.717) is 11.4 Å². The molecule has 2 aromatic rings. The van der Waals surface area contributed by atoms with Crippen LogP contribution in [0.15, 0.2) is 39.9 Å². The summed E-state index contributed by atoms with van der Waals surface area (Å²) in [6, 6.07) is 8.59. The molecule has 6 nitrogen and oxygen atoms in total. The van der Waals surface area contributed by atoms with E-state index in [1.54, 1.807) is 44.3 Å². The van der Waals surface area contributed by atoms with Gasteiger partial charge in [-0.25, -0.2) is 9.36 Å². The molecule has 1 N–H and O–H groups in total. The Morgan fingerprint density at radius 2 is 1.75 bits per heavy atom. The lowest BCUT2D eigenvalue weighted by atomic mass is 10.3. The fourth-order valence-corrected chi connectivity index (χ4v) is 1.94. The second kappa shape index (κ2) is 5.16. The molecule has 20 heavy (non-hydrogen) atoms. The maximum Gasteiger partial charge on any atom is 0.335 e. The lowest BCUT2D eigenvalue weighted by Crippen LogP contribution is -2.40. The van der Waals surface area contributed by atoms with Gasteiger partial charge in [0.05, 0.1) is 5.69 Å². The summed E-state index contributed by atoms with van der Waals surface area (Å²) in [7, 11) is 1.56. The molecule has 104 valence electrons. The van der Waals surface area contributed by atoms with Crippen LogP contribution in [0.3, 0.4) is 0 Å². The van der Waals surface area contributed by atoms with Gasteiger partial charge in [-0.05, 0) is 19.1 Å². The van der Waals surface area contributed by atoms with E-state index in [4.69, 9.17) is 0 Å². The molecular weight excluding hydrogens is 258 g/mol.